The number of alkyl halides is 3. The lowest BCUT2D eigenvalue weighted by molar-refractivity contribution is -0.148. The van der Waals surface area contributed by atoms with Crippen molar-refractivity contribution < 1.29 is 27.9 Å². The smallest absolute Gasteiger partial charge is 0.406 e. The quantitative estimate of drug-likeness (QED) is 0.873. The van der Waals surface area contributed by atoms with Gasteiger partial charge in [-0.15, -0.1) is 0 Å². The Morgan fingerprint density at radius 3 is 2.40 bits per heavy atom. The molecule has 0 spiro atoms. The van der Waals surface area contributed by atoms with Crippen molar-refractivity contribution in [1.82, 2.24) is 4.90 Å². The van der Waals surface area contributed by atoms with E-state index in [9.17, 15) is 22.8 Å². The van der Waals surface area contributed by atoms with Crippen molar-refractivity contribution in [2.24, 2.45) is 0 Å². The molecule has 0 bridgehead atoms. The van der Waals surface area contributed by atoms with Gasteiger partial charge in [0.2, 0.25) is 0 Å². The van der Waals surface area contributed by atoms with Gasteiger partial charge >= 0.3 is 18.2 Å². The first kappa shape index (κ1) is 16.3. The number of para-hydroxylation sites is 1. The first-order chi connectivity index (χ1) is 9.19. The number of aliphatic carboxylic acids is 1. The van der Waals surface area contributed by atoms with E-state index in [4.69, 9.17) is 5.11 Å². The first-order valence-electron chi connectivity index (χ1n) is 5.28. The molecule has 1 rings (SSSR count). The van der Waals surface area contributed by atoms with Crippen LogP contribution in [0.1, 0.15) is 0 Å². The van der Waals surface area contributed by atoms with Gasteiger partial charge in [0.05, 0.1) is 5.69 Å². The van der Waals surface area contributed by atoms with Crippen LogP contribution >= 0.6 is 15.9 Å². The molecule has 110 valence electrons. The molecule has 0 aliphatic rings. The van der Waals surface area contributed by atoms with Crippen LogP contribution in [0.4, 0.5) is 23.7 Å². The molecule has 0 atom stereocenters. The van der Waals surface area contributed by atoms with Crippen molar-refractivity contribution in [2.45, 2.75) is 6.18 Å². The predicted molar refractivity (Wildman–Crippen MR) is 68.4 cm³/mol. The average Bonchev–Trinajstić information content (AvgIpc) is 2.28. The SMILES string of the molecule is O=C(O)CN(CC(F)(F)F)C(=O)Nc1ccccc1Br. The zero-order valence-electron chi connectivity index (χ0n) is 9.95. The van der Waals surface area contributed by atoms with Crippen LogP contribution in [0.5, 0.6) is 0 Å². The molecule has 1 aromatic carbocycles. The Balaban J connectivity index is 2.83. The number of hydrogen-bond acceptors (Lipinski definition) is 2. The van der Waals surface area contributed by atoms with Crippen LogP contribution in [0.25, 0.3) is 0 Å². The monoisotopic (exact) mass is 354 g/mol. The molecule has 9 heteroatoms. The number of carboxylic acids is 1. The number of benzene rings is 1. The molecule has 0 fully saturated rings. The molecule has 20 heavy (non-hydrogen) atoms. The molecule has 1 aromatic rings. The lowest BCUT2D eigenvalue weighted by Crippen LogP contribution is -2.44. The molecule has 0 aliphatic heterocycles. The second-order valence-electron chi connectivity index (χ2n) is 3.77. The summed E-state index contributed by atoms with van der Waals surface area (Å²) in [5.41, 5.74) is 0.245. The van der Waals surface area contributed by atoms with Gasteiger partial charge in [0, 0.05) is 4.47 Å². The summed E-state index contributed by atoms with van der Waals surface area (Å²) in [6.45, 7) is -2.69. The minimum absolute atomic E-state index is 0.168. The maximum atomic E-state index is 12.3. The van der Waals surface area contributed by atoms with Crippen LogP contribution in [0.3, 0.4) is 0 Å². The van der Waals surface area contributed by atoms with E-state index in [0.29, 0.717) is 4.47 Å². The summed E-state index contributed by atoms with van der Waals surface area (Å²) in [7, 11) is 0. The molecule has 2 amide bonds. The number of nitrogens with zero attached hydrogens (tertiary/aromatic N) is 1. The molecule has 0 unspecified atom stereocenters. The zero-order valence-corrected chi connectivity index (χ0v) is 11.5. The van der Waals surface area contributed by atoms with Gasteiger partial charge in [0.15, 0.2) is 0 Å². The maximum Gasteiger partial charge on any atom is 0.406 e. The van der Waals surface area contributed by atoms with E-state index in [1.165, 1.54) is 6.07 Å². The Kier molecular flexibility index (Phi) is 5.37. The van der Waals surface area contributed by atoms with Crippen molar-refractivity contribution in [3.8, 4) is 0 Å². The van der Waals surface area contributed by atoms with Crippen LogP contribution in [-0.2, 0) is 4.79 Å². The third-order valence-electron chi connectivity index (χ3n) is 2.10. The lowest BCUT2D eigenvalue weighted by Gasteiger charge is -2.22. The van der Waals surface area contributed by atoms with Gasteiger partial charge in [-0.25, -0.2) is 4.79 Å². The minimum Gasteiger partial charge on any atom is -0.480 e. The van der Waals surface area contributed by atoms with E-state index in [1.807, 2.05) is 0 Å². The summed E-state index contributed by atoms with van der Waals surface area (Å²) in [5, 5.41) is 10.8. The van der Waals surface area contributed by atoms with Crippen molar-refractivity contribution in [1.29, 1.82) is 0 Å². The van der Waals surface area contributed by atoms with E-state index in [2.05, 4.69) is 21.2 Å². The number of anilines is 1. The van der Waals surface area contributed by atoms with Crippen LogP contribution in [0.2, 0.25) is 0 Å². The Morgan fingerprint density at radius 1 is 1.30 bits per heavy atom. The number of amides is 2. The highest BCUT2D eigenvalue weighted by Gasteiger charge is 2.34. The van der Waals surface area contributed by atoms with E-state index in [0.717, 1.165) is 0 Å². The highest BCUT2D eigenvalue weighted by Crippen LogP contribution is 2.22. The van der Waals surface area contributed by atoms with Crippen molar-refractivity contribution in [3.05, 3.63) is 28.7 Å². The van der Waals surface area contributed by atoms with E-state index >= 15 is 0 Å². The Hall–Kier alpha value is -1.77. The molecule has 0 saturated carbocycles. The standard InChI is InChI=1S/C11H10BrF3N2O3/c12-7-3-1-2-4-8(7)16-10(20)17(5-9(18)19)6-11(13,14)15/h1-4H,5-6H2,(H,16,20)(H,18,19). The lowest BCUT2D eigenvalue weighted by atomic mass is 10.3. The molecular formula is C11H10BrF3N2O3. The summed E-state index contributed by atoms with van der Waals surface area (Å²) < 4.78 is 37.4. The summed E-state index contributed by atoms with van der Waals surface area (Å²) in [6, 6.07) is 5.14. The zero-order chi connectivity index (χ0) is 15.3. The molecule has 5 nitrogen and oxygen atoms in total. The fourth-order valence-electron chi connectivity index (χ4n) is 1.34. The molecule has 0 aliphatic carbocycles. The summed E-state index contributed by atoms with van der Waals surface area (Å²) in [5.74, 6) is -1.53. The number of urea groups is 1. The number of rotatable bonds is 4. The van der Waals surface area contributed by atoms with E-state index in [1.54, 1.807) is 18.2 Å². The van der Waals surface area contributed by atoms with Crippen molar-refractivity contribution >= 4 is 33.6 Å². The van der Waals surface area contributed by atoms with Gasteiger partial charge in [-0.3, -0.25) is 4.79 Å². The fourth-order valence-corrected chi connectivity index (χ4v) is 1.72. The summed E-state index contributed by atoms with van der Waals surface area (Å²) in [6.07, 6.45) is -4.68. The van der Waals surface area contributed by atoms with Gasteiger partial charge in [-0.05, 0) is 28.1 Å². The van der Waals surface area contributed by atoms with Gasteiger partial charge in [0.25, 0.3) is 0 Å². The number of hydrogen-bond donors (Lipinski definition) is 2. The van der Waals surface area contributed by atoms with Gasteiger partial charge in [0.1, 0.15) is 13.1 Å². The van der Waals surface area contributed by atoms with E-state index in [-0.39, 0.29) is 10.6 Å². The van der Waals surface area contributed by atoms with Crippen molar-refractivity contribution in [2.75, 3.05) is 18.4 Å². The molecule has 0 saturated heterocycles. The first-order valence-corrected chi connectivity index (χ1v) is 6.07. The van der Waals surface area contributed by atoms with Gasteiger partial charge in [-0.2, -0.15) is 13.2 Å². The number of carbonyl (C=O) groups is 2. The summed E-state index contributed by atoms with van der Waals surface area (Å²) in [4.78, 5) is 22.4. The number of halogens is 4. The highest BCUT2D eigenvalue weighted by molar-refractivity contribution is 9.10. The van der Waals surface area contributed by atoms with Crippen LogP contribution in [0, 0.1) is 0 Å². The highest BCUT2D eigenvalue weighted by atomic mass is 79.9. The van der Waals surface area contributed by atoms with E-state index < -0.39 is 31.3 Å². The van der Waals surface area contributed by atoms with Crippen molar-refractivity contribution in [3.63, 3.8) is 0 Å². The van der Waals surface area contributed by atoms with Crippen LogP contribution in [-0.4, -0.2) is 41.3 Å². The maximum absolute atomic E-state index is 12.3. The Morgan fingerprint density at radius 2 is 1.90 bits per heavy atom. The molecule has 0 heterocycles. The normalized spacial score (nSPS) is 11.0. The second kappa shape index (κ2) is 6.60. The van der Waals surface area contributed by atoms with Gasteiger partial charge in [-0.1, -0.05) is 12.1 Å². The largest absolute Gasteiger partial charge is 0.480 e. The predicted octanol–water partition coefficient (Wildman–Crippen LogP) is 2.93. The minimum atomic E-state index is -4.68. The van der Waals surface area contributed by atoms with Crippen LogP contribution < -0.4 is 5.32 Å². The fraction of sp³-hybridized carbons (Fsp3) is 0.273. The van der Waals surface area contributed by atoms with Crippen LogP contribution in [0.15, 0.2) is 28.7 Å². The average molecular weight is 355 g/mol. The second-order valence-corrected chi connectivity index (χ2v) is 4.63. The Labute approximate surface area is 120 Å². The molecular weight excluding hydrogens is 345 g/mol. The molecule has 0 radical (unpaired) electrons. The molecule has 2 N–H and O–H groups in total. The van der Waals surface area contributed by atoms with Gasteiger partial charge < -0.3 is 15.3 Å². The third-order valence-corrected chi connectivity index (χ3v) is 2.79. The number of carbonyl (C=O) groups excluding carboxylic acids is 1. The Bertz CT molecular complexity index is 508. The summed E-state index contributed by atoms with van der Waals surface area (Å²) >= 11 is 3.11. The number of carboxylic acid groups (broad SMARTS) is 1. The third kappa shape index (κ3) is 5.47. The number of nitrogens with one attached hydrogen (secondary N) is 1. The molecule has 0 aromatic heterocycles. The topological polar surface area (TPSA) is 69.6 Å².